The van der Waals surface area contributed by atoms with Gasteiger partial charge in [0.05, 0.1) is 23.4 Å². The molecular formula is C11H13FO3S2. The first-order valence-corrected chi connectivity index (χ1v) is 7.42. The average molecular weight is 276 g/mol. The smallest absolute Gasteiger partial charge is 0.180 e. The minimum atomic E-state index is -3.41. The predicted octanol–water partition coefficient (Wildman–Crippen LogP) is 1.69. The summed E-state index contributed by atoms with van der Waals surface area (Å²) >= 11 is 4.23. The van der Waals surface area contributed by atoms with E-state index in [4.69, 9.17) is 4.74 Å². The monoisotopic (exact) mass is 276 g/mol. The maximum atomic E-state index is 12.7. The SMILES string of the molecule is O=S(=O)(CC1CC(S)CO1)c1ccc(F)cc1. The summed E-state index contributed by atoms with van der Waals surface area (Å²) in [6, 6.07) is 4.84. The third kappa shape index (κ3) is 3.20. The van der Waals surface area contributed by atoms with Crippen molar-refractivity contribution in [2.45, 2.75) is 22.7 Å². The second kappa shape index (κ2) is 4.96. The van der Waals surface area contributed by atoms with Crippen molar-refractivity contribution in [1.29, 1.82) is 0 Å². The van der Waals surface area contributed by atoms with E-state index in [0.717, 1.165) is 12.1 Å². The molecule has 2 atom stereocenters. The van der Waals surface area contributed by atoms with E-state index in [-0.39, 0.29) is 22.0 Å². The standard InChI is InChI=1S/C11H13FO3S2/c12-8-1-3-11(4-2-8)17(13,14)7-9-5-10(16)6-15-9/h1-4,9-10,16H,5-7H2. The van der Waals surface area contributed by atoms with Crippen LogP contribution in [0.1, 0.15) is 6.42 Å². The van der Waals surface area contributed by atoms with Crippen LogP contribution in [0.3, 0.4) is 0 Å². The van der Waals surface area contributed by atoms with E-state index < -0.39 is 15.7 Å². The summed E-state index contributed by atoms with van der Waals surface area (Å²) in [6.45, 7) is 0.479. The number of sulfone groups is 1. The minimum Gasteiger partial charge on any atom is -0.376 e. The van der Waals surface area contributed by atoms with E-state index in [1.165, 1.54) is 12.1 Å². The Bertz CT molecular complexity index is 484. The van der Waals surface area contributed by atoms with Gasteiger partial charge in [-0.05, 0) is 30.7 Å². The molecule has 17 heavy (non-hydrogen) atoms. The second-order valence-electron chi connectivity index (χ2n) is 4.08. The summed E-state index contributed by atoms with van der Waals surface area (Å²) in [7, 11) is -3.41. The van der Waals surface area contributed by atoms with Crippen LogP contribution in [-0.4, -0.2) is 32.1 Å². The van der Waals surface area contributed by atoms with E-state index in [0.29, 0.717) is 13.0 Å². The van der Waals surface area contributed by atoms with Crippen LogP contribution >= 0.6 is 12.6 Å². The molecule has 0 aliphatic carbocycles. The van der Waals surface area contributed by atoms with Crippen molar-refractivity contribution in [3.8, 4) is 0 Å². The quantitative estimate of drug-likeness (QED) is 0.675. The number of benzene rings is 1. The molecule has 3 nitrogen and oxygen atoms in total. The fourth-order valence-electron chi connectivity index (χ4n) is 1.79. The Balaban J connectivity index is 2.11. The Morgan fingerprint density at radius 1 is 1.35 bits per heavy atom. The highest BCUT2D eigenvalue weighted by Crippen LogP contribution is 2.22. The summed E-state index contributed by atoms with van der Waals surface area (Å²) in [4.78, 5) is 0.130. The van der Waals surface area contributed by atoms with Crippen LogP contribution in [0.2, 0.25) is 0 Å². The molecule has 2 unspecified atom stereocenters. The lowest BCUT2D eigenvalue weighted by Gasteiger charge is -2.10. The van der Waals surface area contributed by atoms with Crippen molar-refractivity contribution in [2.75, 3.05) is 12.4 Å². The normalized spacial score (nSPS) is 25.1. The van der Waals surface area contributed by atoms with Crippen LogP contribution in [0.15, 0.2) is 29.2 Å². The molecule has 0 saturated carbocycles. The first-order valence-electron chi connectivity index (χ1n) is 5.25. The maximum absolute atomic E-state index is 12.7. The molecule has 1 aromatic carbocycles. The largest absolute Gasteiger partial charge is 0.376 e. The van der Waals surface area contributed by atoms with Gasteiger partial charge in [-0.3, -0.25) is 0 Å². The van der Waals surface area contributed by atoms with Gasteiger partial charge in [-0.1, -0.05) is 0 Å². The lowest BCUT2D eigenvalue weighted by atomic mass is 10.3. The molecule has 1 aliphatic rings. The summed E-state index contributed by atoms with van der Waals surface area (Å²) in [5.74, 6) is -0.521. The fraction of sp³-hybridized carbons (Fsp3) is 0.455. The van der Waals surface area contributed by atoms with Gasteiger partial charge in [0.1, 0.15) is 5.82 Å². The summed E-state index contributed by atoms with van der Waals surface area (Å²) < 4.78 is 42.0. The molecular weight excluding hydrogens is 263 g/mol. The Kier molecular flexibility index (Phi) is 3.75. The van der Waals surface area contributed by atoms with Crippen LogP contribution in [0.4, 0.5) is 4.39 Å². The van der Waals surface area contributed by atoms with Crippen molar-refractivity contribution < 1.29 is 17.5 Å². The molecule has 2 rings (SSSR count). The number of hydrogen-bond acceptors (Lipinski definition) is 4. The molecule has 6 heteroatoms. The third-order valence-electron chi connectivity index (χ3n) is 2.64. The maximum Gasteiger partial charge on any atom is 0.180 e. The van der Waals surface area contributed by atoms with E-state index in [1.807, 2.05) is 0 Å². The van der Waals surface area contributed by atoms with Gasteiger partial charge in [-0.25, -0.2) is 12.8 Å². The highest BCUT2D eigenvalue weighted by Gasteiger charge is 2.28. The number of thiol groups is 1. The molecule has 0 bridgehead atoms. The van der Waals surface area contributed by atoms with Crippen molar-refractivity contribution in [3.63, 3.8) is 0 Å². The molecule has 0 amide bonds. The summed E-state index contributed by atoms with van der Waals surface area (Å²) in [6.07, 6.45) is 0.316. The van der Waals surface area contributed by atoms with Gasteiger partial charge >= 0.3 is 0 Å². The molecule has 94 valence electrons. The van der Waals surface area contributed by atoms with Crippen LogP contribution in [0.25, 0.3) is 0 Å². The van der Waals surface area contributed by atoms with Crippen LogP contribution < -0.4 is 0 Å². The molecule has 1 aliphatic heterocycles. The highest BCUT2D eigenvalue weighted by molar-refractivity contribution is 7.91. The lowest BCUT2D eigenvalue weighted by molar-refractivity contribution is 0.128. The van der Waals surface area contributed by atoms with Gasteiger partial charge in [0.2, 0.25) is 0 Å². The van der Waals surface area contributed by atoms with Crippen LogP contribution in [0, 0.1) is 5.82 Å². The molecule has 1 fully saturated rings. The van der Waals surface area contributed by atoms with Crippen molar-refractivity contribution in [3.05, 3.63) is 30.1 Å². The Morgan fingerprint density at radius 3 is 2.53 bits per heavy atom. The zero-order valence-electron chi connectivity index (χ0n) is 9.04. The molecule has 1 heterocycles. The second-order valence-corrected chi connectivity index (χ2v) is 6.84. The number of hydrogen-bond donors (Lipinski definition) is 1. The zero-order chi connectivity index (χ0) is 12.5. The van der Waals surface area contributed by atoms with Gasteiger partial charge < -0.3 is 4.74 Å². The van der Waals surface area contributed by atoms with Gasteiger partial charge in [0, 0.05) is 5.25 Å². The Morgan fingerprint density at radius 2 is 2.00 bits per heavy atom. The van der Waals surface area contributed by atoms with Crippen molar-refractivity contribution in [1.82, 2.24) is 0 Å². The van der Waals surface area contributed by atoms with Crippen molar-refractivity contribution in [2.24, 2.45) is 0 Å². The Hall–Kier alpha value is -0.590. The lowest BCUT2D eigenvalue weighted by Crippen LogP contribution is -2.20. The van der Waals surface area contributed by atoms with E-state index in [1.54, 1.807) is 0 Å². The van der Waals surface area contributed by atoms with Gasteiger partial charge in [-0.15, -0.1) is 0 Å². The van der Waals surface area contributed by atoms with E-state index in [2.05, 4.69) is 12.6 Å². The fourth-order valence-corrected chi connectivity index (χ4v) is 3.57. The van der Waals surface area contributed by atoms with Crippen LogP contribution in [-0.2, 0) is 14.6 Å². The van der Waals surface area contributed by atoms with Crippen molar-refractivity contribution >= 4 is 22.5 Å². The highest BCUT2D eigenvalue weighted by atomic mass is 32.2. The number of rotatable bonds is 3. The van der Waals surface area contributed by atoms with Gasteiger partial charge in [-0.2, -0.15) is 12.6 Å². The third-order valence-corrected chi connectivity index (χ3v) is 4.80. The minimum absolute atomic E-state index is 0.0737. The molecule has 0 aromatic heterocycles. The van der Waals surface area contributed by atoms with E-state index >= 15 is 0 Å². The van der Waals surface area contributed by atoms with Gasteiger partial charge in [0.15, 0.2) is 9.84 Å². The molecule has 0 radical (unpaired) electrons. The Labute approximate surface area is 105 Å². The molecule has 0 spiro atoms. The number of ether oxygens (including phenoxy) is 1. The summed E-state index contributed by atoms with van der Waals surface area (Å²) in [5, 5.41) is 0.100. The van der Waals surface area contributed by atoms with Crippen LogP contribution in [0.5, 0.6) is 0 Å². The molecule has 0 N–H and O–H groups in total. The molecule has 1 saturated heterocycles. The summed E-state index contributed by atoms with van der Waals surface area (Å²) in [5.41, 5.74) is 0. The first kappa shape index (κ1) is 12.9. The number of halogens is 1. The van der Waals surface area contributed by atoms with Gasteiger partial charge in [0.25, 0.3) is 0 Å². The average Bonchev–Trinajstić information content (AvgIpc) is 2.63. The molecule has 1 aromatic rings. The predicted molar refractivity (Wildman–Crippen MR) is 65.6 cm³/mol. The topological polar surface area (TPSA) is 43.4 Å². The van der Waals surface area contributed by atoms with E-state index in [9.17, 15) is 12.8 Å². The first-order chi connectivity index (χ1) is 7.97. The zero-order valence-corrected chi connectivity index (χ0v) is 10.8.